The Hall–Kier alpha value is -2.09. The number of nitrogens with one attached hydrogen (secondary N) is 2. The average molecular weight is 253 g/mol. The van der Waals surface area contributed by atoms with Crippen molar-refractivity contribution in [2.75, 3.05) is 10.5 Å². The van der Waals surface area contributed by atoms with Crippen LogP contribution in [0.4, 0.5) is 11.5 Å². The van der Waals surface area contributed by atoms with Crippen molar-refractivity contribution in [3.63, 3.8) is 0 Å². The fraction of sp³-hybridized carbons (Fsp3) is 0.111. The Kier molecular flexibility index (Phi) is 2.72. The molecular formula is C9H11N5O2S. The summed E-state index contributed by atoms with van der Waals surface area (Å²) in [6.45, 7) is 1.82. The molecule has 90 valence electrons. The van der Waals surface area contributed by atoms with Gasteiger partial charge in [-0.15, -0.1) is 0 Å². The summed E-state index contributed by atoms with van der Waals surface area (Å²) in [5.74, 6) is -0.00175. The molecule has 0 fully saturated rings. The van der Waals surface area contributed by atoms with Crippen LogP contribution >= 0.6 is 0 Å². The lowest BCUT2D eigenvalue weighted by Gasteiger charge is -2.06. The fourth-order valence-corrected chi connectivity index (χ4v) is 2.38. The molecule has 0 aliphatic heterocycles. The maximum atomic E-state index is 11.9. The standard InChI is InChI=1S/C9H11N5O2S/c1-6-2-7(4-11-3-6)14-17(15,16)8-5-12-13-9(8)10/h2-5,14H,1H3,(H3,10,12,13). The Labute approximate surface area is 98.1 Å². The van der Waals surface area contributed by atoms with E-state index in [1.165, 1.54) is 6.20 Å². The van der Waals surface area contributed by atoms with Crippen LogP contribution in [0, 0.1) is 6.92 Å². The van der Waals surface area contributed by atoms with E-state index >= 15 is 0 Å². The van der Waals surface area contributed by atoms with Gasteiger partial charge in [0.1, 0.15) is 10.7 Å². The molecule has 0 amide bonds. The molecule has 2 aromatic rings. The lowest BCUT2D eigenvalue weighted by atomic mass is 10.3. The zero-order chi connectivity index (χ0) is 12.5. The number of aromatic amines is 1. The van der Waals surface area contributed by atoms with Gasteiger partial charge in [0.15, 0.2) is 0 Å². The number of H-pyrrole nitrogens is 1. The van der Waals surface area contributed by atoms with Crippen molar-refractivity contribution in [3.8, 4) is 0 Å². The summed E-state index contributed by atoms with van der Waals surface area (Å²) in [4.78, 5) is 3.81. The molecule has 4 N–H and O–H groups in total. The van der Waals surface area contributed by atoms with Gasteiger partial charge >= 0.3 is 0 Å². The molecule has 0 spiro atoms. The van der Waals surface area contributed by atoms with Gasteiger partial charge in [-0.3, -0.25) is 14.8 Å². The normalized spacial score (nSPS) is 11.4. The number of nitrogen functional groups attached to an aromatic ring is 1. The summed E-state index contributed by atoms with van der Waals surface area (Å²) in [7, 11) is -3.73. The Morgan fingerprint density at radius 2 is 2.12 bits per heavy atom. The van der Waals surface area contributed by atoms with Gasteiger partial charge in [-0.25, -0.2) is 8.42 Å². The quantitative estimate of drug-likeness (QED) is 0.736. The number of pyridine rings is 1. The number of hydrogen-bond donors (Lipinski definition) is 3. The molecular weight excluding hydrogens is 242 g/mol. The molecule has 0 aliphatic rings. The van der Waals surface area contributed by atoms with Gasteiger partial charge in [0.05, 0.1) is 18.1 Å². The minimum atomic E-state index is -3.73. The van der Waals surface area contributed by atoms with Crippen LogP contribution in [0.3, 0.4) is 0 Å². The topological polar surface area (TPSA) is 114 Å². The lowest BCUT2D eigenvalue weighted by Crippen LogP contribution is -2.14. The highest BCUT2D eigenvalue weighted by Gasteiger charge is 2.19. The van der Waals surface area contributed by atoms with Crippen LogP contribution in [0.15, 0.2) is 29.6 Å². The van der Waals surface area contributed by atoms with E-state index in [9.17, 15) is 8.42 Å². The maximum absolute atomic E-state index is 11.9. The predicted molar refractivity (Wildman–Crippen MR) is 62.8 cm³/mol. The molecule has 8 heteroatoms. The second kappa shape index (κ2) is 4.06. The molecule has 0 aliphatic carbocycles. The third-order valence-electron chi connectivity index (χ3n) is 2.05. The predicted octanol–water partition coefficient (Wildman–Crippen LogP) is 0.496. The molecule has 2 rings (SSSR count). The van der Waals surface area contributed by atoms with E-state index in [0.717, 1.165) is 11.8 Å². The monoisotopic (exact) mass is 253 g/mol. The number of aromatic nitrogens is 3. The smallest absolute Gasteiger partial charge is 0.267 e. The Morgan fingerprint density at radius 1 is 1.35 bits per heavy atom. The Morgan fingerprint density at radius 3 is 2.71 bits per heavy atom. The zero-order valence-corrected chi connectivity index (χ0v) is 9.82. The number of sulfonamides is 1. The molecule has 0 aromatic carbocycles. The van der Waals surface area contributed by atoms with Crippen molar-refractivity contribution >= 4 is 21.5 Å². The molecule has 0 unspecified atom stereocenters. The van der Waals surface area contributed by atoms with E-state index in [1.807, 2.05) is 6.92 Å². The highest BCUT2D eigenvalue weighted by Crippen LogP contribution is 2.18. The molecule has 7 nitrogen and oxygen atoms in total. The van der Waals surface area contributed by atoms with Crippen molar-refractivity contribution in [1.29, 1.82) is 0 Å². The minimum Gasteiger partial charge on any atom is -0.383 e. The zero-order valence-electron chi connectivity index (χ0n) is 9.01. The van der Waals surface area contributed by atoms with Gasteiger partial charge in [0, 0.05) is 6.20 Å². The highest BCUT2D eigenvalue weighted by atomic mass is 32.2. The van der Waals surface area contributed by atoms with E-state index in [-0.39, 0.29) is 10.7 Å². The molecule has 2 aromatic heterocycles. The van der Waals surface area contributed by atoms with E-state index in [4.69, 9.17) is 5.73 Å². The number of nitrogens with two attached hydrogens (primary N) is 1. The lowest BCUT2D eigenvalue weighted by molar-refractivity contribution is 0.601. The van der Waals surface area contributed by atoms with Crippen molar-refractivity contribution in [1.82, 2.24) is 15.2 Å². The third kappa shape index (κ3) is 2.36. The van der Waals surface area contributed by atoms with Crippen molar-refractivity contribution in [2.24, 2.45) is 0 Å². The van der Waals surface area contributed by atoms with Gasteiger partial charge in [0.2, 0.25) is 0 Å². The number of anilines is 2. The first-order valence-corrected chi connectivity index (χ1v) is 6.20. The molecule has 0 saturated carbocycles. The van der Waals surface area contributed by atoms with Crippen LogP contribution in [0.2, 0.25) is 0 Å². The van der Waals surface area contributed by atoms with E-state index in [1.54, 1.807) is 12.3 Å². The van der Waals surface area contributed by atoms with Crippen LogP contribution in [0.5, 0.6) is 0 Å². The van der Waals surface area contributed by atoms with Crippen LogP contribution in [-0.4, -0.2) is 23.6 Å². The molecule has 0 radical (unpaired) electrons. The van der Waals surface area contributed by atoms with Crippen molar-refractivity contribution in [3.05, 3.63) is 30.2 Å². The first-order chi connectivity index (χ1) is 7.99. The van der Waals surface area contributed by atoms with Gasteiger partial charge in [-0.1, -0.05) is 0 Å². The van der Waals surface area contributed by atoms with Gasteiger partial charge in [-0.05, 0) is 18.6 Å². The number of nitrogens with zero attached hydrogens (tertiary/aromatic N) is 2. The summed E-state index contributed by atoms with van der Waals surface area (Å²) in [6, 6.07) is 1.67. The van der Waals surface area contributed by atoms with Gasteiger partial charge < -0.3 is 5.73 Å². The van der Waals surface area contributed by atoms with Gasteiger partial charge in [0.25, 0.3) is 10.0 Å². The van der Waals surface area contributed by atoms with Crippen molar-refractivity contribution < 1.29 is 8.42 Å². The molecule has 0 saturated heterocycles. The molecule has 17 heavy (non-hydrogen) atoms. The van der Waals surface area contributed by atoms with Gasteiger partial charge in [-0.2, -0.15) is 5.10 Å². The SMILES string of the molecule is Cc1cncc(NS(=O)(=O)c2cn[nH]c2N)c1. The highest BCUT2D eigenvalue weighted by molar-refractivity contribution is 7.92. The average Bonchev–Trinajstić information content (AvgIpc) is 2.64. The Bertz CT molecular complexity index is 634. The summed E-state index contributed by atoms with van der Waals surface area (Å²) in [5, 5.41) is 5.93. The second-order valence-electron chi connectivity index (χ2n) is 3.50. The van der Waals surface area contributed by atoms with E-state index in [2.05, 4.69) is 19.9 Å². The van der Waals surface area contributed by atoms with Crippen LogP contribution in [0.25, 0.3) is 0 Å². The molecule has 0 atom stereocenters. The van der Waals surface area contributed by atoms with E-state index in [0.29, 0.717) is 5.69 Å². The van der Waals surface area contributed by atoms with Crippen molar-refractivity contribution in [2.45, 2.75) is 11.8 Å². The second-order valence-corrected chi connectivity index (χ2v) is 5.16. The minimum absolute atomic E-state index is 0.00175. The first-order valence-electron chi connectivity index (χ1n) is 4.72. The summed E-state index contributed by atoms with van der Waals surface area (Å²) >= 11 is 0. The van der Waals surface area contributed by atoms with Crippen LogP contribution < -0.4 is 10.5 Å². The summed E-state index contributed by atoms with van der Waals surface area (Å²) in [5.41, 5.74) is 6.69. The number of hydrogen-bond acceptors (Lipinski definition) is 5. The summed E-state index contributed by atoms with van der Waals surface area (Å²) < 4.78 is 26.2. The summed E-state index contributed by atoms with van der Waals surface area (Å²) in [6.07, 6.45) is 4.20. The molecule has 2 heterocycles. The van der Waals surface area contributed by atoms with E-state index < -0.39 is 10.0 Å². The number of aryl methyl sites for hydroxylation is 1. The third-order valence-corrected chi connectivity index (χ3v) is 3.46. The Balaban J connectivity index is 2.33. The van der Waals surface area contributed by atoms with Crippen LogP contribution in [0.1, 0.15) is 5.56 Å². The largest absolute Gasteiger partial charge is 0.383 e. The maximum Gasteiger partial charge on any atom is 0.267 e. The fourth-order valence-electron chi connectivity index (χ4n) is 1.32. The first kappa shape index (κ1) is 11.4. The van der Waals surface area contributed by atoms with Crippen LogP contribution in [-0.2, 0) is 10.0 Å². The molecule has 0 bridgehead atoms. The number of rotatable bonds is 3.